The summed E-state index contributed by atoms with van der Waals surface area (Å²) in [5, 5.41) is 11.9. The van der Waals surface area contributed by atoms with Gasteiger partial charge in [-0.05, 0) is 39.7 Å². The van der Waals surface area contributed by atoms with Crippen LogP contribution in [0.15, 0.2) is 6.20 Å². The van der Waals surface area contributed by atoms with Crippen LogP contribution in [0.5, 0.6) is 0 Å². The first-order chi connectivity index (χ1) is 10.1. The highest BCUT2D eigenvalue weighted by Crippen LogP contribution is 2.21. The van der Waals surface area contributed by atoms with Gasteiger partial charge in [0.15, 0.2) is 0 Å². The van der Waals surface area contributed by atoms with E-state index in [1.54, 1.807) is 0 Å². The third kappa shape index (κ3) is 3.81. The molecule has 1 N–H and O–H groups in total. The van der Waals surface area contributed by atoms with Gasteiger partial charge < -0.3 is 10.1 Å². The van der Waals surface area contributed by atoms with Crippen molar-refractivity contribution in [1.29, 1.82) is 0 Å². The summed E-state index contributed by atoms with van der Waals surface area (Å²) < 4.78 is 8.03. The third-order valence-electron chi connectivity index (χ3n) is 4.37. The number of nitrogens with zero attached hydrogens (tertiary/aromatic N) is 4. The predicted molar refractivity (Wildman–Crippen MR) is 81.1 cm³/mol. The van der Waals surface area contributed by atoms with E-state index in [0.29, 0.717) is 6.04 Å². The molecular formula is C15H27N5O. The van der Waals surface area contributed by atoms with Crippen LogP contribution in [0, 0.1) is 0 Å². The van der Waals surface area contributed by atoms with Crippen molar-refractivity contribution in [3.8, 4) is 0 Å². The summed E-state index contributed by atoms with van der Waals surface area (Å²) in [5.74, 6) is 0. The van der Waals surface area contributed by atoms with Gasteiger partial charge in [-0.1, -0.05) is 5.21 Å². The molecule has 2 aliphatic rings. The molecule has 2 fully saturated rings. The number of hydrogen-bond donors (Lipinski definition) is 1. The average molecular weight is 293 g/mol. The van der Waals surface area contributed by atoms with Crippen LogP contribution in [0.4, 0.5) is 0 Å². The van der Waals surface area contributed by atoms with Gasteiger partial charge in [-0.15, -0.1) is 5.10 Å². The standard InChI is InChI=1S/C15H27N5O/c1-15(2)12-19(7-4-8-21-15)11-14-10-17-18-20(14)13-5-3-6-16-9-13/h10,13,16H,3-9,11-12H2,1-2H3. The van der Waals surface area contributed by atoms with Crippen molar-refractivity contribution in [3.63, 3.8) is 0 Å². The summed E-state index contributed by atoms with van der Waals surface area (Å²) in [6.07, 6.45) is 5.43. The van der Waals surface area contributed by atoms with Crippen LogP contribution in [0.25, 0.3) is 0 Å². The fourth-order valence-electron chi connectivity index (χ4n) is 3.39. The highest BCUT2D eigenvalue weighted by atomic mass is 16.5. The van der Waals surface area contributed by atoms with Crippen molar-refractivity contribution in [1.82, 2.24) is 25.2 Å². The number of nitrogens with one attached hydrogen (secondary N) is 1. The van der Waals surface area contributed by atoms with Crippen molar-refractivity contribution < 1.29 is 4.74 Å². The molecule has 0 amide bonds. The van der Waals surface area contributed by atoms with Crippen LogP contribution in [-0.2, 0) is 11.3 Å². The molecule has 2 aliphatic heterocycles. The highest BCUT2D eigenvalue weighted by molar-refractivity contribution is 4.98. The Morgan fingerprint density at radius 1 is 1.43 bits per heavy atom. The zero-order valence-corrected chi connectivity index (χ0v) is 13.2. The number of hydrogen-bond acceptors (Lipinski definition) is 5. The number of rotatable bonds is 3. The molecule has 21 heavy (non-hydrogen) atoms. The van der Waals surface area contributed by atoms with Crippen LogP contribution in [-0.4, -0.2) is 58.3 Å². The second-order valence-corrected chi connectivity index (χ2v) is 6.84. The number of ether oxygens (including phenoxy) is 1. The van der Waals surface area contributed by atoms with Gasteiger partial charge in [-0.3, -0.25) is 4.90 Å². The highest BCUT2D eigenvalue weighted by Gasteiger charge is 2.27. The maximum atomic E-state index is 5.90. The Kier molecular flexibility index (Phi) is 4.57. The molecule has 0 aliphatic carbocycles. The van der Waals surface area contributed by atoms with E-state index in [9.17, 15) is 0 Å². The zero-order chi connectivity index (χ0) is 14.7. The molecule has 1 unspecified atom stereocenters. The Hall–Kier alpha value is -0.980. The van der Waals surface area contributed by atoms with Crippen LogP contribution < -0.4 is 5.32 Å². The van der Waals surface area contributed by atoms with Crippen molar-refractivity contribution >= 4 is 0 Å². The molecule has 0 radical (unpaired) electrons. The molecule has 1 atom stereocenters. The van der Waals surface area contributed by atoms with Gasteiger partial charge >= 0.3 is 0 Å². The monoisotopic (exact) mass is 293 g/mol. The van der Waals surface area contributed by atoms with Gasteiger partial charge in [0.2, 0.25) is 0 Å². The molecule has 118 valence electrons. The van der Waals surface area contributed by atoms with E-state index in [2.05, 4.69) is 39.1 Å². The number of aromatic nitrogens is 3. The van der Waals surface area contributed by atoms with Gasteiger partial charge in [0.1, 0.15) is 0 Å². The summed E-state index contributed by atoms with van der Waals surface area (Å²) in [5.41, 5.74) is 1.16. The minimum Gasteiger partial charge on any atom is -0.374 e. The molecule has 3 heterocycles. The summed E-state index contributed by atoms with van der Waals surface area (Å²) >= 11 is 0. The molecule has 2 saturated heterocycles. The Morgan fingerprint density at radius 3 is 3.14 bits per heavy atom. The van der Waals surface area contributed by atoms with E-state index in [-0.39, 0.29) is 5.60 Å². The first-order valence-corrected chi connectivity index (χ1v) is 8.10. The number of piperidine rings is 1. The maximum absolute atomic E-state index is 5.90. The molecule has 0 saturated carbocycles. The summed E-state index contributed by atoms with van der Waals surface area (Å²) in [6.45, 7) is 10.3. The second-order valence-electron chi connectivity index (χ2n) is 6.84. The molecule has 6 nitrogen and oxygen atoms in total. The van der Waals surface area contributed by atoms with E-state index in [0.717, 1.165) is 45.8 Å². The van der Waals surface area contributed by atoms with Crippen molar-refractivity contribution in [3.05, 3.63) is 11.9 Å². The first kappa shape index (κ1) is 14.9. The van der Waals surface area contributed by atoms with Crippen molar-refractivity contribution in [2.24, 2.45) is 0 Å². The average Bonchev–Trinajstić information content (AvgIpc) is 2.84. The smallest absolute Gasteiger partial charge is 0.0752 e. The van der Waals surface area contributed by atoms with E-state index in [4.69, 9.17) is 4.74 Å². The molecule has 0 aromatic carbocycles. The lowest BCUT2D eigenvalue weighted by Crippen LogP contribution is -2.39. The van der Waals surface area contributed by atoms with Gasteiger partial charge in [-0.2, -0.15) is 0 Å². The molecule has 1 aromatic rings. The fourth-order valence-corrected chi connectivity index (χ4v) is 3.39. The molecule has 0 bridgehead atoms. The Balaban J connectivity index is 1.68. The SMILES string of the molecule is CC1(C)CN(Cc2cnnn2C2CCCNC2)CCCO1. The van der Waals surface area contributed by atoms with E-state index >= 15 is 0 Å². The quantitative estimate of drug-likeness (QED) is 0.907. The maximum Gasteiger partial charge on any atom is 0.0752 e. The van der Waals surface area contributed by atoms with Gasteiger partial charge in [0.05, 0.1) is 23.5 Å². The zero-order valence-electron chi connectivity index (χ0n) is 13.2. The van der Waals surface area contributed by atoms with Gasteiger partial charge in [-0.25, -0.2) is 4.68 Å². The van der Waals surface area contributed by atoms with Crippen molar-refractivity contribution in [2.45, 2.75) is 51.3 Å². The molecular weight excluding hydrogens is 266 g/mol. The summed E-state index contributed by atoms with van der Waals surface area (Å²) in [4.78, 5) is 2.47. The second kappa shape index (κ2) is 6.42. The minimum absolute atomic E-state index is 0.0683. The van der Waals surface area contributed by atoms with Crippen LogP contribution in [0.2, 0.25) is 0 Å². The normalized spacial score (nSPS) is 27.4. The van der Waals surface area contributed by atoms with Crippen LogP contribution >= 0.6 is 0 Å². The summed E-state index contributed by atoms with van der Waals surface area (Å²) in [6, 6.07) is 0.451. The van der Waals surface area contributed by atoms with Crippen LogP contribution in [0.3, 0.4) is 0 Å². The van der Waals surface area contributed by atoms with E-state index < -0.39 is 0 Å². The van der Waals surface area contributed by atoms with Crippen molar-refractivity contribution in [2.75, 3.05) is 32.8 Å². The Labute approximate surface area is 126 Å². The van der Waals surface area contributed by atoms with E-state index in [1.165, 1.54) is 18.5 Å². The summed E-state index contributed by atoms with van der Waals surface area (Å²) in [7, 11) is 0. The lowest BCUT2D eigenvalue weighted by molar-refractivity contribution is -0.0183. The predicted octanol–water partition coefficient (Wildman–Crippen LogP) is 1.20. The molecule has 3 rings (SSSR count). The molecule has 6 heteroatoms. The van der Waals surface area contributed by atoms with E-state index in [1.807, 2.05) is 6.20 Å². The largest absolute Gasteiger partial charge is 0.374 e. The lowest BCUT2D eigenvalue weighted by Gasteiger charge is -2.30. The van der Waals surface area contributed by atoms with Crippen LogP contribution in [0.1, 0.15) is 44.8 Å². The van der Waals surface area contributed by atoms with Gasteiger partial charge in [0, 0.05) is 32.8 Å². The fraction of sp³-hybridized carbons (Fsp3) is 0.867. The lowest BCUT2D eigenvalue weighted by atomic mass is 10.1. The van der Waals surface area contributed by atoms with Gasteiger partial charge in [0.25, 0.3) is 0 Å². The first-order valence-electron chi connectivity index (χ1n) is 8.10. The molecule has 0 spiro atoms. The third-order valence-corrected chi connectivity index (χ3v) is 4.37. The Morgan fingerprint density at radius 2 is 2.33 bits per heavy atom. The molecule has 1 aromatic heterocycles. The topological polar surface area (TPSA) is 55.2 Å². The Bertz CT molecular complexity index is 453. The minimum atomic E-state index is -0.0683.